The molecule has 2 bridgehead atoms. The lowest BCUT2D eigenvalue weighted by atomic mass is 9.77. The Hall–Kier alpha value is -0.590. The van der Waals surface area contributed by atoms with Crippen molar-refractivity contribution in [3.05, 3.63) is 12.7 Å². The van der Waals surface area contributed by atoms with Gasteiger partial charge < -0.3 is 0 Å². The van der Waals surface area contributed by atoms with Crippen molar-refractivity contribution in [1.82, 2.24) is 0 Å². The van der Waals surface area contributed by atoms with Crippen LogP contribution in [0.15, 0.2) is 12.7 Å². The van der Waals surface area contributed by atoms with Crippen LogP contribution in [0.2, 0.25) is 0 Å². The highest BCUT2D eigenvalue weighted by Gasteiger charge is 2.39. The molecule has 0 heterocycles. The van der Waals surface area contributed by atoms with Gasteiger partial charge in [0.05, 0.1) is 0 Å². The van der Waals surface area contributed by atoms with Crippen LogP contribution in [0.3, 0.4) is 0 Å². The summed E-state index contributed by atoms with van der Waals surface area (Å²) in [7, 11) is 0. The molecule has 1 nitrogen and oxygen atoms in total. The third kappa shape index (κ3) is 1.21. The van der Waals surface area contributed by atoms with Crippen molar-refractivity contribution in [3.63, 3.8) is 0 Å². The molecule has 2 fully saturated rings. The van der Waals surface area contributed by atoms with Crippen molar-refractivity contribution in [3.8, 4) is 0 Å². The summed E-state index contributed by atoms with van der Waals surface area (Å²) in [5.41, 5.74) is 0. The Balaban J connectivity index is 2.09. The first kappa shape index (κ1) is 8.03. The minimum atomic E-state index is 0.334. The topological polar surface area (TPSA) is 17.1 Å². The van der Waals surface area contributed by atoms with E-state index >= 15 is 0 Å². The maximum Gasteiger partial charge on any atom is 0.136 e. The highest BCUT2D eigenvalue weighted by molar-refractivity contribution is 5.82. The molecule has 66 valence electrons. The van der Waals surface area contributed by atoms with E-state index in [0.29, 0.717) is 17.6 Å². The third-order valence-electron chi connectivity index (χ3n) is 3.47. The van der Waals surface area contributed by atoms with Gasteiger partial charge in [0.25, 0.3) is 0 Å². The van der Waals surface area contributed by atoms with Gasteiger partial charge in [-0.3, -0.25) is 4.79 Å². The first-order chi connectivity index (χ1) is 5.81. The molecular weight excluding hydrogens is 148 g/mol. The second kappa shape index (κ2) is 3.04. The highest BCUT2D eigenvalue weighted by atomic mass is 16.1. The van der Waals surface area contributed by atoms with Crippen molar-refractivity contribution in [2.24, 2.45) is 17.8 Å². The molecule has 2 saturated carbocycles. The zero-order valence-electron chi connectivity index (χ0n) is 7.46. The van der Waals surface area contributed by atoms with E-state index in [1.807, 2.05) is 6.08 Å². The average Bonchev–Trinajstić information content (AvgIpc) is 2.43. The molecule has 1 unspecified atom stereocenters. The molecule has 0 amide bonds. The lowest BCUT2D eigenvalue weighted by molar-refractivity contribution is -0.126. The number of hydrogen-bond donors (Lipinski definition) is 0. The zero-order chi connectivity index (χ0) is 8.55. The average molecular weight is 164 g/mol. The van der Waals surface area contributed by atoms with Gasteiger partial charge in [-0.25, -0.2) is 0 Å². The lowest BCUT2D eigenvalue weighted by Gasteiger charge is -2.26. The molecule has 0 saturated heterocycles. The summed E-state index contributed by atoms with van der Waals surface area (Å²) >= 11 is 0. The molecule has 0 aromatic carbocycles. The van der Waals surface area contributed by atoms with Gasteiger partial charge >= 0.3 is 0 Å². The largest absolute Gasteiger partial charge is 0.299 e. The van der Waals surface area contributed by atoms with E-state index in [9.17, 15) is 4.79 Å². The number of hydrogen-bond acceptors (Lipinski definition) is 1. The van der Waals surface area contributed by atoms with Crippen LogP contribution in [0, 0.1) is 17.8 Å². The Labute approximate surface area is 73.8 Å². The van der Waals surface area contributed by atoms with Gasteiger partial charge in [-0.2, -0.15) is 0 Å². The number of fused-ring (bicyclic) bond motifs is 2. The summed E-state index contributed by atoms with van der Waals surface area (Å²) < 4.78 is 0. The molecule has 3 atom stereocenters. The minimum absolute atomic E-state index is 0.334. The summed E-state index contributed by atoms with van der Waals surface area (Å²) in [6.45, 7) is 3.72. The molecular formula is C11H16O. The molecule has 1 heteroatoms. The van der Waals surface area contributed by atoms with E-state index in [-0.39, 0.29) is 0 Å². The first-order valence-corrected chi connectivity index (χ1v) is 4.95. The molecule has 0 aliphatic heterocycles. The monoisotopic (exact) mass is 164 g/mol. The fourth-order valence-electron chi connectivity index (χ4n) is 2.87. The van der Waals surface area contributed by atoms with E-state index in [2.05, 4.69) is 6.58 Å². The molecule has 0 aromatic heterocycles. The van der Waals surface area contributed by atoms with Crippen molar-refractivity contribution < 1.29 is 4.79 Å². The number of ketones is 1. The van der Waals surface area contributed by atoms with Gasteiger partial charge in [0.1, 0.15) is 5.78 Å². The maximum absolute atomic E-state index is 11.6. The van der Waals surface area contributed by atoms with Gasteiger partial charge in [-0.15, -0.1) is 6.58 Å². The third-order valence-corrected chi connectivity index (χ3v) is 3.47. The Morgan fingerprint density at radius 1 is 1.50 bits per heavy atom. The zero-order valence-corrected chi connectivity index (χ0v) is 7.46. The van der Waals surface area contributed by atoms with Crippen LogP contribution in [-0.2, 0) is 4.79 Å². The maximum atomic E-state index is 11.6. The Morgan fingerprint density at radius 2 is 2.33 bits per heavy atom. The molecule has 0 N–H and O–H groups in total. The standard InChI is InChI=1S/C11H16O/c1-2-3-10-9-5-4-8(6-9)7-11(10)12/h2,8-10H,1,3-7H2/t8?,9-,10+/m1/s1. The molecule has 2 rings (SSSR count). The first-order valence-electron chi connectivity index (χ1n) is 4.95. The van der Waals surface area contributed by atoms with E-state index in [4.69, 9.17) is 0 Å². The van der Waals surface area contributed by atoms with Gasteiger partial charge in [0, 0.05) is 12.3 Å². The van der Waals surface area contributed by atoms with Gasteiger partial charge in [-0.1, -0.05) is 6.08 Å². The number of Topliss-reactive ketones (excluding diaryl/α,β-unsaturated/α-hetero) is 1. The number of carbonyl (C=O) groups is 1. The molecule has 2 aliphatic carbocycles. The summed E-state index contributed by atoms with van der Waals surface area (Å²) in [4.78, 5) is 11.6. The summed E-state index contributed by atoms with van der Waals surface area (Å²) in [5, 5.41) is 0. The Bertz CT molecular complexity index is 207. The van der Waals surface area contributed by atoms with Crippen LogP contribution < -0.4 is 0 Å². The van der Waals surface area contributed by atoms with Crippen LogP contribution in [-0.4, -0.2) is 5.78 Å². The van der Waals surface area contributed by atoms with Crippen molar-refractivity contribution in [2.75, 3.05) is 0 Å². The van der Waals surface area contributed by atoms with E-state index in [1.54, 1.807) is 0 Å². The number of rotatable bonds is 2. The highest BCUT2D eigenvalue weighted by Crippen LogP contribution is 2.44. The second-order valence-corrected chi connectivity index (χ2v) is 4.24. The normalized spacial score (nSPS) is 40.0. The van der Waals surface area contributed by atoms with Crippen molar-refractivity contribution >= 4 is 5.78 Å². The minimum Gasteiger partial charge on any atom is -0.299 e. The summed E-state index contributed by atoms with van der Waals surface area (Å²) in [6.07, 6.45) is 7.57. The fourth-order valence-corrected chi connectivity index (χ4v) is 2.87. The van der Waals surface area contributed by atoms with Gasteiger partial charge in [0.2, 0.25) is 0 Å². The lowest BCUT2D eigenvalue weighted by Crippen LogP contribution is -2.27. The summed E-state index contributed by atoms with van der Waals surface area (Å²) in [6, 6.07) is 0. The molecule has 0 spiro atoms. The van der Waals surface area contributed by atoms with Crippen LogP contribution in [0.5, 0.6) is 0 Å². The van der Waals surface area contributed by atoms with Gasteiger partial charge in [-0.05, 0) is 37.5 Å². The van der Waals surface area contributed by atoms with Crippen LogP contribution >= 0.6 is 0 Å². The van der Waals surface area contributed by atoms with Crippen LogP contribution in [0.25, 0.3) is 0 Å². The number of carbonyl (C=O) groups excluding carboxylic acids is 1. The molecule has 2 aliphatic rings. The van der Waals surface area contributed by atoms with E-state index in [0.717, 1.165) is 18.8 Å². The van der Waals surface area contributed by atoms with Crippen molar-refractivity contribution in [2.45, 2.75) is 32.1 Å². The Morgan fingerprint density at radius 3 is 3.08 bits per heavy atom. The second-order valence-electron chi connectivity index (χ2n) is 4.24. The quantitative estimate of drug-likeness (QED) is 0.573. The fraction of sp³-hybridized carbons (Fsp3) is 0.727. The smallest absolute Gasteiger partial charge is 0.136 e. The Kier molecular flexibility index (Phi) is 2.03. The van der Waals surface area contributed by atoms with Crippen molar-refractivity contribution in [1.29, 1.82) is 0 Å². The van der Waals surface area contributed by atoms with Crippen LogP contribution in [0.4, 0.5) is 0 Å². The van der Waals surface area contributed by atoms with Gasteiger partial charge in [0.15, 0.2) is 0 Å². The number of allylic oxidation sites excluding steroid dienone is 1. The molecule has 0 aromatic rings. The molecule has 0 radical (unpaired) electrons. The predicted molar refractivity (Wildman–Crippen MR) is 48.8 cm³/mol. The van der Waals surface area contributed by atoms with E-state index in [1.165, 1.54) is 19.3 Å². The summed E-state index contributed by atoms with van der Waals surface area (Å²) in [5.74, 6) is 2.28. The predicted octanol–water partition coefficient (Wildman–Crippen LogP) is 2.57. The molecule has 12 heavy (non-hydrogen) atoms. The SMILES string of the molecule is C=CC[C@@H]1C(=O)CC2CC[C@@H]1C2. The van der Waals surface area contributed by atoms with E-state index < -0.39 is 0 Å². The van der Waals surface area contributed by atoms with Crippen LogP contribution in [0.1, 0.15) is 32.1 Å².